The van der Waals surface area contributed by atoms with E-state index in [1.54, 1.807) is 10.9 Å². The van der Waals surface area contributed by atoms with Crippen molar-refractivity contribution in [2.45, 2.75) is 17.2 Å². The van der Waals surface area contributed by atoms with Crippen molar-refractivity contribution in [3.05, 3.63) is 55.0 Å². The molecule has 2 aromatic carbocycles. The first-order chi connectivity index (χ1) is 12.6. The normalized spacial score (nSPS) is 12.4. The SMILES string of the molecule is CC(Sc1ncnc2c1cnn2C)C(=O)Nc1cccc2ccccc12. The zero-order valence-corrected chi connectivity index (χ0v) is 15.2. The lowest BCUT2D eigenvalue weighted by atomic mass is 10.1. The first kappa shape index (κ1) is 16.5. The predicted octanol–water partition coefficient (Wildman–Crippen LogP) is 3.64. The molecule has 1 atom stereocenters. The Hall–Kier alpha value is -2.93. The number of carbonyl (C=O) groups excluding carboxylic acids is 1. The van der Waals surface area contributed by atoms with E-state index in [9.17, 15) is 4.79 Å². The smallest absolute Gasteiger partial charge is 0.237 e. The van der Waals surface area contributed by atoms with Gasteiger partial charge in [0.15, 0.2) is 5.65 Å². The summed E-state index contributed by atoms with van der Waals surface area (Å²) >= 11 is 1.40. The Morgan fingerprint density at radius 1 is 1.12 bits per heavy atom. The van der Waals surface area contributed by atoms with Crippen molar-refractivity contribution < 1.29 is 4.79 Å². The number of anilines is 1. The highest BCUT2D eigenvalue weighted by Gasteiger charge is 2.18. The summed E-state index contributed by atoms with van der Waals surface area (Å²) in [7, 11) is 1.83. The van der Waals surface area contributed by atoms with Crippen LogP contribution in [0.25, 0.3) is 21.8 Å². The molecule has 2 aromatic heterocycles. The van der Waals surface area contributed by atoms with E-state index in [-0.39, 0.29) is 11.2 Å². The first-order valence-electron chi connectivity index (χ1n) is 8.21. The minimum absolute atomic E-state index is 0.0676. The Morgan fingerprint density at radius 3 is 2.81 bits per heavy atom. The van der Waals surface area contributed by atoms with Gasteiger partial charge in [-0.25, -0.2) is 9.97 Å². The van der Waals surface area contributed by atoms with Crippen LogP contribution in [0.2, 0.25) is 0 Å². The molecule has 4 aromatic rings. The van der Waals surface area contributed by atoms with E-state index in [1.807, 2.05) is 56.4 Å². The van der Waals surface area contributed by atoms with Crippen LogP contribution >= 0.6 is 11.8 Å². The molecule has 1 amide bonds. The van der Waals surface area contributed by atoms with E-state index in [0.717, 1.165) is 32.5 Å². The standard InChI is InChI=1S/C19H17N5OS/c1-12(26-19-15-10-22-24(2)17(15)20-11-21-19)18(25)23-16-9-5-7-13-6-3-4-8-14(13)16/h3-12H,1-2H3,(H,23,25). The molecule has 1 N–H and O–H groups in total. The van der Waals surface area contributed by atoms with Crippen molar-refractivity contribution in [1.29, 1.82) is 0 Å². The summed E-state index contributed by atoms with van der Waals surface area (Å²) in [5.74, 6) is -0.0676. The van der Waals surface area contributed by atoms with E-state index in [0.29, 0.717) is 0 Å². The van der Waals surface area contributed by atoms with Crippen molar-refractivity contribution in [2.75, 3.05) is 5.32 Å². The van der Waals surface area contributed by atoms with Crippen LogP contribution in [-0.4, -0.2) is 30.9 Å². The van der Waals surface area contributed by atoms with Crippen molar-refractivity contribution in [3.8, 4) is 0 Å². The molecule has 4 rings (SSSR count). The van der Waals surface area contributed by atoms with Gasteiger partial charge in [-0.05, 0) is 18.4 Å². The Morgan fingerprint density at radius 2 is 1.92 bits per heavy atom. The maximum Gasteiger partial charge on any atom is 0.237 e. The topological polar surface area (TPSA) is 72.7 Å². The average Bonchev–Trinajstić information content (AvgIpc) is 3.04. The third kappa shape index (κ3) is 3.01. The molecule has 26 heavy (non-hydrogen) atoms. The van der Waals surface area contributed by atoms with E-state index < -0.39 is 0 Å². The molecule has 0 aliphatic carbocycles. The number of aryl methyl sites for hydroxylation is 1. The summed E-state index contributed by atoms with van der Waals surface area (Å²) in [5, 5.41) is 10.7. The number of aromatic nitrogens is 4. The zero-order valence-electron chi connectivity index (χ0n) is 14.4. The molecule has 2 heterocycles. The van der Waals surface area contributed by atoms with Crippen LogP contribution < -0.4 is 5.32 Å². The molecule has 0 bridgehead atoms. The third-order valence-electron chi connectivity index (χ3n) is 4.20. The van der Waals surface area contributed by atoms with Gasteiger partial charge in [-0.1, -0.05) is 48.2 Å². The number of hydrogen-bond acceptors (Lipinski definition) is 5. The quantitative estimate of drug-likeness (QED) is 0.443. The van der Waals surface area contributed by atoms with Gasteiger partial charge in [-0.15, -0.1) is 0 Å². The monoisotopic (exact) mass is 363 g/mol. The van der Waals surface area contributed by atoms with E-state index in [4.69, 9.17) is 0 Å². The highest BCUT2D eigenvalue weighted by Crippen LogP contribution is 2.29. The fourth-order valence-corrected chi connectivity index (χ4v) is 3.70. The van der Waals surface area contributed by atoms with Crippen LogP contribution in [0.15, 0.2) is 60.0 Å². The van der Waals surface area contributed by atoms with Gasteiger partial charge >= 0.3 is 0 Å². The minimum atomic E-state index is -0.313. The molecule has 0 spiro atoms. The van der Waals surface area contributed by atoms with E-state index >= 15 is 0 Å². The fraction of sp³-hybridized carbons (Fsp3) is 0.158. The van der Waals surface area contributed by atoms with Gasteiger partial charge in [0.2, 0.25) is 5.91 Å². The van der Waals surface area contributed by atoms with Crippen molar-refractivity contribution in [2.24, 2.45) is 7.05 Å². The number of thioether (sulfide) groups is 1. The average molecular weight is 363 g/mol. The highest BCUT2D eigenvalue weighted by molar-refractivity contribution is 8.00. The lowest BCUT2D eigenvalue weighted by Crippen LogP contribution is -2.22. The van der Waals surface area contributed by atoms with Gasteiger partial charge in [-0.2, -0.15) is 5.10 Å². The number of fused-ring (bicyclic) bond motifs is 2. The number of nitrogens with zero attached hydrogens (tertiary/aromatic N) is 4. The maximum absolute atomic E-state index is 12.7. The number of amides is 1. The van der Waals surface area contributed by atoms with Gasteiger partial charge in [0, 0.05) is 18.1 Å². The number of carbonyl (C=O) groups is 1. The largest absolute Gasteiger partial charge is 0.325 e. The summed E-state index contributed by atoms with van der Waals surface area (Å²) in [6.45, 7) is 1.87. The predicted molar refractivity (Wildman–Crippen MR) is 104 cm³/mol. The first-order valence-corrected chi connectivity index (χ1v) is 9.09. The van der Waals surface area contributed by atoms with Crippen LogP contribution in [-0.2, 0) is 11.8 Å². The van der Waals surface area contributed by atoms with Crippen LogP contribution in [0.5, 0.6) is 0 Å². The maximum atomic E-state index is 12.7. The van der Waals surface area contributed by atoms with Gasteiger partial charge in [0.25, 0.3) is 0 Å². The minimum Gasteiger partial charge on any atom is -0.325 e. The van der Waals surface area contributed by atoms with Crippen molar-refractivity contribution >= 4 is 45.2 Å². The summed E-state index contributed by atoms with van der Waals surface area (Å²) in [4.78, 5) is 21.3. The van der Waals surface area contributed by atoms with Crippen LogP contribution in [0.1, 0.15) is 6.92 Å². The second-order valence-corrected chi connectivity index (χ2v) is 7.29. The Labute approximate surface area is 154 Å². The van der Waals surface area contributed by atoms with Gasteiger partial charge in [0.1, 0.15) is 11.4 Å². The second kappa shape index (κ2) is 6.76. The summed E-state index contributed by atoms with van der Waals surface area (Å²) < 4.78 is 1.70. The number of nitrogens with one attached hydrogen (secondary N) is 1. The second-order valence-electron chi connectivity index (χ2n) is 5.96. The summed E-state index contributed by atoms with van der Waals surface area (Å²) in [6.07, 6.45) is 3.23. The molecule has 7 heteroatoms. The summed E-state index contributed by atoms with van der Waals surface area (Å²) in [6, 6.07) is 13.9. The van der Waals surface area contributed by atoms with Gasteiger partial charge in [0.05, 0.1) is 16.8 Å². The fourth-order valence-electron chi connectivity index (χ4n) is 2.82. The molecular weight excluding hydrogens is 346 g/mol. The molecule has 6 nitrogen and oxygen atoms in total. The molecule has 1 unspecified atom stereocenters. The van der Waals surface area contributed by atoms with Gasteiger partial charge in [-0.3, -0.25) is 9.48 Å². The van der Waals surface area contributed by atoms with Gasteiger partial charge < -0.3 is 5.32 Å². The molecule has 0 aliphatic rings. The third-order valence-corrected chi connectivity index (χ3v) is 5.31. The molecule has 0 fully saturated rings. The van der Waals surface area contributed by atoms with E-state index in [1.165, 1.54) is 18.1 Å². The lowest BCUT2D eigenvalue weighted by molar-refractivity contribution is -0.115. The number of rotatable bonds is 4. The Bertz CT molecular complexity index is 1100. The van der Waals surface area contributed by atoms with Crippen molar-refractivity contribution in [1.82, 2.24) is 19.7 Å². The molecule has 0 saturated carbocycles. The lowest BCUT2D eigenvalue weighted by Gasteiger charge is -2.13. The van der Waals surface area contributed by atoms with Crippen LogP contribution in [0.4, 0.5) is 5.69 Å². The zero-order chi connectivity index (χ0) is 18.1. The molecule has 0 saturated heterocycles. The van der Waals surface area contributed by atoms with Crippen molar-refractivity contribution in [3.63, 3.8) is 0 Å². The number of benzene rings is 2. The molecule has 0 aliphatic heterocycles. The highest BCUT2D eigenvalue weighted by atomic mass is 32.2. The van der Waals surface area contributed by atoms with Crippen LogP contribution in [0, 0.1) is 0 Å². The van der Waals surface area contributed by atoms with Crippen LogP contribution in [0.3, 0.4) is 0 Å². The summed E-state index contributed by atoms with van der Waals surface area (Å²) in [5.41, 5.74) is 1.57. The molecule has 0 radical (unpaired) electrons. The Kier molecular flexibility index (Phi) is 4.30. The number of hydrogen-bond donors (Lipinski definition) is 1. The molecular formula is C19H17N5OS. The molecule has 130 valence electrons. The van der Waals surface area contributed by atoms with E-state index in [2.05, 4.69) is 20.4 Å². The Balaban J connectivity index is 1.56.